The number of benzene rings is 2. The van der Waals surface area contributed by atoms with E-state index in [9.17, 15) is 32.1 Å². The van der Waals surface area contributed by atoms with Crippen LogP contribution in [0.5, 0.6) is 0 Å². The zero-order chi connectivity index (χ0) is 19.6. The van der Waals surface area contributed by atoms with E-state index < -0.39 is 54.4 Å². The van der Waals surface area contributed by atoms with Gasteiger partial charge in [-0.05, 0) is 18.6 Å². The van der Waals surface area contributed by atoms with Gasteiger partial charge in [0.2, 0.25) is 0 Å². The highest BCUT2D eigenvalue weighted by atomic mass is 32.2. The van der Waals surface area contributed by atoms with E-state index in [2.05, 4.69) is 4.74 Å². The molecule has 0 fully saturated rings. The maximum atomic E-state index is 13.9. The summed E-state index contributed by atoms with van der Waals surface area (Å²) in [6.45, 7) is 1.39. The minimum Gasteiger partial charge on any atom is -0.465 e. The Labute approximate surface area is 146 Å². The van der Waals surface area contributed by atoms with Crippen LogP contribution < -0.4 is 4.72 Å². The van der Waals surface area contributed by atoms with Crippen molar-refractivity contribution in [3.05, 3.63) is 63.2 Å². The van der Waals surface area contributed by atoms with Gasteiger partial charge in [-0.3, -0.25) is 14.8 Å². The molecule has 2 aromatic carbocycles. The number of hydrogen-bond donors (Lipinski definition) is 1. The molecular weight excluding hydrogens is 374 g/mol. The van der Waals surface area contributed by atoms with E-state index in [-0.39, 0.29) is 5.56 Å². The zero-order valence-electron chi connectivity index (χ0n) is 13.4. The van der Waals surface area contributed by atoms with Gasteiger partial charge in [-0.15, -0.1) is 0 Å². The number of aryl methyl sites for hydroxylation is 1. The summed E-state index contributed by atoms with van der Waals surface area (Å²) in [5.74, 6) is -3.64. The Hall–Kier alpha value is -3.08. The zero-order valence-corrected chi connectivity index (χ0v) is 14.3. The molecule has 0 aliphatic carbocycles. The second-order valence-electron chi connectivity index (χ2n) is 5.12. The van der Waals surface area contributed by atoms with Crippen molar-refractivity contribution in [1.82, 2.24) is 0 Å². The number of hydrogen-bond acceptors (Lipinski definition) is 6. The largest absolute Gasteiger partial charge is 0.465 e. The lowest BCUT2D eigenvalue weighted by atomic mass is 10.2. The summed E-state index contributed by atoms with van der Waals surface area (Å²) < 4.78 is 58.7. The van der Waals surface area contributed by atoms with E-state index in [1.54, 1.807) is 0 Å². The number of rotatable bonds is 5. The minimum atomic E-state index is -4.45. The van der Waals surface area contributed by atoms with Crippen molar-refractivity contribution in [1.29, 1.82) is 0 Å². The van der Waals surface area contributed by atoms with Crippen LogP contribution in [0.1, 0.15) is 15.9 Å². The number of carbonyl (C=O) groups excluding carboxylic acids is 1. The van der Waals surface area contributed by atoms with E-state index in [1.807, 2.05) is 4.72 Å². The number of nitrogens with zero attached hydrogens (tertiary/aromatic N) is 1. The molecule has 0 unspecified atom stereocenters. The highest BCUT2D eigenvalue weighted by molar-refractivity contribution is 7.92. The Bertz CT molecular complexity index is 1010. The van der Waals surface area contributed by atoms with Crippen LogP contribution >= 0.6 is 0 Å². The predicted octanol–water partition coefficient (Wildman–Crippen LogP) is 2.77. The minimum absolute atomic E-state index is 0.166. The third kappa shape index (κ3) is 3.77. The number of nitrogens with one attached hydrogen (secondary N) is 1. The Balaban J connectivity index is 2.52. The number of carbonyl (C=O) groups is 1. The van der Waals surface area contributed by atoms with Gasteiger partial charge in [-0.1, -0.05) is 6.07 Å². The van der Waals surface area contributed by atoms with E-state index >= 15 is 0 Å². The van der Waals surface area contributed by atoms with E-state index in [4.69, 9.17) is 0 Å². The van der Waals surface area contributed by atoms with Gasteiger partial charge in [0.05, 0.1) is 28.2 Å². The number of ether oxygens (including phenoxy) is 1. The molecule has 2 rings (SSSR count). The summed E-state index contributed by atoms with van der Waals surface area (Å²) >= 11 is 0. The van der Waals surface area contributed by atoms with Gasteiger partial charge in [-0.2, -0.15) is 0 Å². The molecule has 2 aromatic rings. The van der Waals surface area contributed by atoms with Crippen molar-refractivity contribution >= 4 is 27.4 Å². The van der Waals surface area contributed by atoms with Crippen molar-refractivity contribution < 1.29 is 31.7 Å². The fourth-order valence-electron chi connectivity index (χ4n) is 2.09. The highest BCUT2D eigenvalue weighted by Gasteiger charge is 2.24. The Kier molecular flexibility index (Phi) is 5.21. The summed E-state index contributed by atoms with van der Waals surface area (Å²) in [4.78, 5) is 21.1. The molecule has 11 heteroatoms. The lowest BCUT2D eigenvalue weighted by Gasteiger charge is -2.12. The molecule has 138 valence electrons. The van der Waals surface area contributed by atoms with E-state index in [0.717, 1.165) is 19.2 Å². The summed E-state index contributed by atoms with van der Waals surface area (Å²) in [7, 11) is -3.48. The highest BCUT2D eigenvalue weighted by Crippen LogP contribution is 2.26. The second-order valence-corrected chi connectivity index (χ2v) is 6.77. The quantitative estimate of drug-likeness (QED) is 0.480. The number of methoxy groups -OCH3 is 1. The monoisotopic (exact) mass is 386 g/mol. The molecule has 0 bridgehead atoms. The molecule has 0 aliphatic heterocycles. The van der Waals surface area contributed by atoms with Crippen LogP contribution in [0, 0.1) is 28.7 Å². The topological polar surface area (TPSA) is 116 Å². The maximum absolute atomic E-state index is 13.9. The molecule has 0 spiro atoms. The first-order chi connectivity index (χ1) is 12.1. The van der Waals surface area contributed by atoms with Gasteiger partial charge in [0, 0.05) is 18.2 Å². The van der Waals surface area contributed by atoms with Gasteiger partial charge >= 0.3 is 5.97 Å². The third-order valence-corrected chi connectivity index (χ3v) is 4.89. The van der Waals surface area contributed by atoms with Crippen LogP contribution in [-0.4, -0.2) is 26.4 Å². The number of non-ortho nitro benzene ring substituents is 1. The van der Waals surface area contributed by atoms with Gasteiger partial charge in [0.15, 0.2) is 0 Å². The summed E-state index contributed by atoms with van der Waals surface area (Å²) in [5.41, 5.74) is -1.70. The first-order valence-electron chi connectivity index (χ1n) is 6.92. The first kappa shape index (κ1) is 19.2. The number of anilines is 1. The van der Waals surface area contributed by atoms with Crippen LogP contribution in [0.25, 0.3) is 0 Å². The summed E-state index contributed by atoms with van der Waals surface area (Å²) in [6.07, 6.45) is 0. The number of nitro benzene ring substituents is 1. The Morgan fingerprint density at radius 1 is 1.19 bits per heavy atom. The number of esters is 1. The van der Waals surface area contributed by atoms with Crippen LogP contribution in [0.4, 0.5) is 20.2 Å². The van der Waals surface area contributed by atoms with Gasteiger partial charge in [0.25, 0.3) is 15.7 Å². The number of halogens is 2. The summed E-state index contributed by atoms with van der Waals surface area (Å²) in [6, 6.07) is 4.10. The lowest BCUT2D eigenvalue weighted by molar-refractivity contribution is -0.385. The Morgan fingerprint density at radius 3 is 2.42 bits per heavy atom. The maximum Gasteiger partial charge on any atom is 0.340 e. The molecule has 0 amide bonds. The first-order valence-corrected chi connectivity index (χ1v) is 8.40. The van der Waals surface area contributed by atoms with Crippen molar-refractivity contribution in [3.63, 3.8) is 0 Å². The van der Waals surface area contributed by atoms with Crippen molar-refractivity contribution in [2.24, 2.45) is 0 Å². The van der Waals surface area contributed by atoms with Crippen LogP contribution in [0.15, 0.2) is 35.2 Å². The summed E-state index contributed by atoms with van der Waals surface area (Å²) in [5, 5.41) is 10.8. The molecule has 1 N–H and O–H groups in total. The molecule has 0 radical (unpaired) electrons. The fraction of sp³-hybridized carbons (Fsp3) is 0.133. The molecule has 8 nitrogen and oxygen atoms in total. The van der Waals surface area contributed by atoms with Gasteiger partial charge < -0.3 is 4.74 Å². The average Bonchev–Trinajstić information content (AvgIpc) is 2.56. The predicted molar refractivity (Wildman–Crippen MR) is 86.3 cm³/mol. The molecule has 0 aliphatic rings. The van der Waals surface area contributed by atoms with Crippen LogP contribution in [-0.2, 0) is 14.8 Å². The molecule has 26 heavy (non-hydrogen) atoms. The standard InChI is InChI=1S/C15H12F2N2O6S/c1-8-3-4-9(19(21)22)5-14(8)26(23,24)18-13-6-10(15(20)25-2)11(16)7-12(13)17/h3-7,18H,1-2H3. The molecular formula is C15H12F2N2O6S. The average molecular weight is 386 g/mol. The third-order valence-electron chi connectivity index (χ3n) is 3.38. The number of sulfonamides is 1. The van der Waals surface area contributed by atoms with Gasteiger partial charge in [0.1, 0.15) is 11.6 Å². The van der Waals surface area contributed by atoms with E-state index in [1.165, 1.54) is 13.0 Å². The van der Waals surface area contributed by atoms with Crippen molar-refractivity contribution in [2.75, 3.05) is 11.8 Å². The second kappa shape index (κ2) is 7.04. The van der Waals surface area contributed by atoms with Gasteiger partial charge in [-0.25, -0.2) is 22.0 Å². The fourth-order valence-corrected chi connectivity index (χ4v) is 3.41. The number of nitro groups is 1. The van der Waals surface area contributed by atoms with Crippen LogP contribution in [0.3, 0.4) is 0 Å². The molecule has 0 aromatic heterocycles. The molecule has 0 atom stereocenters. The smallest absolute Gasteiger partial charge is 0.340 e. The van der Waals surface area contributed by atoms with Crippen LogP contribution in [0.2, 0.25) is 0 Å². The molecule has 0 heterocycles. The Morgan fingerprint density at radius 2 is 1.85 bits per heavy atom. The van der Waals surface area contributed by atoms with E-state index in [0.29, 0.717) is 12.1 Å². The van der Waals surface area contributed by atoms with Crippen molar-refractivity contribution in [3.8, 4) is 0 Å². The normalized spacial score (nSPS) is 11.1. The van der Waals surface area contributed by atoms with Crippen molar-refractivity contribution in [2.45, 2.75) is 11.8 Å². The molecule has 0 saturated carbocycles. The molecule has 0 saturated heterocycles. The SMILES string of the molecule is COC(=O)c1cc(NS(=O)(=O)c2cc([N+](=O)[O-])ccc2C)c(F)cc1F. The lowest BCUT2D eigenvalue weighted by Crippen LogP contribution is -2.17.